The summed E-state index contributed by atoms with van der Waals surface area (Å²) in [5, 5.41) is 3.85. The van der Waals surface area contributed by atoms with Gasteiger partial charge in [-0.3, -0.25) is 9.88 Å². The first kappa shape index (κ1) is 11.8. The molecule has 5 heteroatoms. The zero-order chi connectivity index (χ0) is 11.6. The molecule has 0 spiro atoms. The molecular formula is C11H17ClN4. The molecule has 4 nitrogen and oxygen atoms in total. The highest BCUT2D eigenvalue weighted by Gasteiger charge is 2.29. The molecule has 2 rings (SSSR count). The van der Waals surface area contributed by atoms with Crippen LogP contribution in [-0.2, 0) is 6.54 Å². The zero-order valence-electron chi connectivity index (χ0n) is 9.70. The largest absolute Gasteiger partial charge is 0.314 e. The van der Waals surface area contributed by atoms with Crippen molar-refractivity contribution in [2.45, 2.75) is 25.9 Å². The summed E-state index contributed by atoms with van der Waals surface area (Å²) in [7, 11) is 0. The third kappa shape index (κ3) is 2.70. The maximum Gasteiger partial charge on any atom is 0.147 e. The second kappa shape index (κ2) is 4.65. The van der Waals surface area contributed by atoms with E-state index < -0.39 is 0 Å². The maximum absolute atomic E-state index is 5.71. The van der Waals surface area contributed by atoms with Gasteiger partial charge in [-0.1, -0.05) is 11.6 Å². The molecule has 0 aromatic carbocycles. The van der Waals surface area contributed by atoms with Gasteiger partial charge in [0.15, 0.2) is 0 Å². The molecule has 0 bridgehead atoms. The Bertz CT molecular complexity index is 350. The fraction of sp³-hybridized carbons (Fsp3) is 0.636. The summed E-state index contributed by atoms with van der Waals surface area (Å²) >= 11 is 5.71. The van der Waals surface area contributed by atoms with Gasteiger partial charge in [0.05, 0.1) is 18.1 Å². The summed E-state index contributed by atoms with van der Waals surface area (Å²) < 4.78 is 0. The predicted octanol–water partition coefficient (Wildman–Crippen LogP) is 1.31. The SMILES string of the molecule is CC1(C)CNCCN1Cc1cnc(Cl)cn1. The van der Waals surface area contributed by atoms with Gasteiger partial charge in [0.1, 0.15) is 5.15 Å². The Balaban J connectivity index is 2.05. The van der Waals surface area contributed by atoms with Crippen molar-refractivity contribution in [1.82, 2.24) is 20.2 Å². The van der Waals surface area contributed by atoms with E-state index >= 15 is 0 Å². The summed E-state index contributed by atoms with van der Waals surface area (Å²) in [6.07, 6.45) is 3.35. The fourth-order valence-electron chi connectivity index (χ4n) is 1.93. The van der Waals surface area contributed by atoms with Crippen molar-refractivity contribution in [1.29, 1.82) is 0 Å². The number of piperazine rings is 1. The van der Waals surface area contributed by atoms with Crippen LogP contribution < -0.4 is 5.32 Å². The molecule has 16 heavy (non-hydrogen) atoms. The first-order valence-electron chi connectivity index (χ1n) is 5.50. The average Bonchev–Trinajstić information content (AvgIpc) is 2.24. The number of rotatable bonds is 2. The topological polar surface area (TPSA) is 41.0 Å². The third-order valence-corrected chi connectivity index (χ3v) is 3.19. The zero-order valence-corrected chi connectivity index (χ0v) is 10.5. The van der Waals surface area contributed by atoms with Crippen LogP contribution in [0.1, 0.15) is 19.5 Å². The van der Waals surface area contributed by atoms with Crippen molar-refractivity contribution in [2.75, 3.05) is 19.6 Å². The molecule has 0 atom stereocenters. The molecule has 88 valence electrons. The number of nitrogens with one attached hydrogen (secondary N) is 1. The smallest absolute Gasteiger partial charge is 0.147 e. The van der Waals surface area contributed by atoms with Crippen LogP contribution in [0.3, 0.4) is 0 Å². The molecule has 1 saturated heterocycles. The Labute approximate surface area is 101 Å². The molecule has 2 heterocycles. The van der Waals surface area contributed by atoms with Crippen molar-refractivity contribution >= 4 is 11.6 Å². The van der Waals surface area contributed by atoms with Crippen LogP contribution in [0.25, 0.3) is 0 Å². The summed E-state index contributed by atoms with van der Waals surface area (Å²) in [6, 6.07) is 0. The van der Waals surface area contributed by atoms with E-state index in [2.05, 4.69) is 34.0 Å². The highest BCUT2D eigenvalue weighted by Crippen LogP contribution is 2.18. The van der Waals surface area contributed by atoms with Crippen molar-refractivity contribution in [2.24, 2.45) is 0 Å². The summed E-state index contributed by atoms with van der Waals surface area (Å²) in [5.41, 5.74) is 1.14. The minimum Gasteiger partial charge on any atom is -0.314 e. The molecule has 0 unspecified atom stereocenters. The normalized spacial score (nSPS) is 20.9. The van der Waals surface area contributed by atoms with Crippen molar-refractivity contribution < 1.29 is 0 Å². The number of halogens is 1. The summed E-state index contributed by atoms with van der Waals surface area (Å²) in [6.45, 7) is 8.39. The quantitative estimate of drug-likeness (QED) is 0.847. The second-order valence-electron chi connectivity index (χ2n) is 4.74. The van der Waals surface area contributed by atoms with Gasteiger partial charge in [-0.2, -0.15) is 0 Å². The van der Waals surface area contributed by atoms with E-state index in [-0.39, 0.29) is 5.54 Å². The van der Waals surface area contributed by atoms with Crippen LogP contribution in [0.2, 0.25) is 5.15 Å². The Morgan fingerprint density at radius 3 is 2.88 bits per heavy atom. The van der Waals surface area contributed by atoms with Gasteiger partial charge in [-0.15, -0.1) is 0 Å². The fourth-order valence-corrected chi connectivity index (χ4v) is 2.03. The van der Waals surface area contributed by atoms with E-state index in [0.29, 0.717) is 5.15 Å². The minimum atomic E-state index is 0.166. The molecule has 1 aromatic rings. The Hall–Kier alpha value is -0.710. The van der Waals surface area contributed by atoms with Crippen molar-refractivity contribution in [3.63, 3.8) is 0 Å². The Kier molecular flexibility index (Phi) is 3.42. The standard InChI is InChI=1S/C11H17ClN4/c1-11(2)8-13-3-4-16(11)7-9-5-15-10(12)6-14-9/h5-6,13H,3-4,7-8H2,1-2H3. The monoisotopic (exact) mass is 240 g/mol. The lowest BCUT2D eigenvalue weighted by atomic mass is 10.00. The van der Waals surface area contributed by atoms with Gasteiger partial charge in [0.25, 0.3) is 0 Å². The molecule has 1 aromatic heterocycles. The number of hydrogen-bond acceptors (Lipinski definition) is 4. The summed E-state index contributed by atoms with van der Waals surface area (Å²) in [4.78, 5) is 10.8. The van der Waals surface area contributed by atoms with Crippen LogP contribution >= 0.6 is 11.6 Å². The first-order valence-corrected chi connectivity index (χ1v) is 5.88. The highest BCUT2D eigenvalue weighted by molar-refractivity contribution is 6.29. The molecule has 1 fully saturated rings. The lowest BCUT2D eigenvalue weighted by Gasteiger charge is -2.42. The Morgan fingerprint density at radius 2 is 2.25 bits per heavy atom. The lowest BCUT2D eigenvalue weighted by molar-refractivity contribution is 0.0813. The van der Waals surface area contributed by atoms with Crippen molar-refractivity contribution in [3.05, 3.63) is 23.2 Å². The van der Waals surface area contributed by atoms with Gasteiger partial charge in [0.2, 0.25) is 0 Å². The molecule has 1 aliphatic heterocycles. The van der Waals surface area contributed by atoms with Crippen LogP contribution in [0, 0.1) is 0 Å². The van der Waals surface area contributed by atoms with Crippen LogP contribution in [0.4, 0.5) is 0 Å². The molecule has 1 aliphatic rings. The number of hydrogen-bond donors (Lipinski definition) is 1. The first-order chi connectivity index (χ1) is 7.58. The van der Waals surface area contributed by atoms with Crippen LogP contribution in [-0.4, -0.2) is 40.0 Å². The lowest BCUT2D eigenvalue weighted by Crippen LogP contribution is -2.57. The molecule has 0 saturated carbocycles. The molecule has 0 amide bonds. The second-order valence-corrected chi connectivity index (χ2v) is 5.13. The van der Waals surface area contributed by atoms with E-state index in [0.717, 1.165) is 31.9 Å². The molecule has 0 radical (unpaired) electrons. The van der Waals surface area contributed by atoms with E-state index in [1.165, 1.54) is 0 Å². The van der Waals surface area contributed by atoms with E-state index in [1.54, 1.807) is 12.4 Å². The van der Waals surface area contributed by atoms with Gasteiger partial charge in [-0.05, 0) is 13.8 Å². The van der Waals surface area contributed by atoms with Gasteiger partial charge < -0.3 is 5.32 Å². The molecular weight excluding hydrogens is 224 g/mol. The minimum absolute atomic E-state index is 0.166. The number of aromatic nitrogens is 2. The molecule has 1 N–H and O–H groups in total. The average molecular weight is 241 g/mol. The van der Waals surface area contributed by atoms with E-state index in [4.69, 9.17) is 11.6 Å². The van der Waals surface area contributed by atoms with Crippen LogP contribution in [0.5, 0.6) is 0 Å². The van der Waals surface area contributed by atoms with Gasteiger partial charge >= 0.3 is 0 Å². The van der Waals surface area contributed by atoms with Crippen molar-refractivity contribution in [3.8, 4) is 0 Å². The van der Waals surface area contributed by atoms with E-state index in [9.17, 15) is 0 Å². The van der Waals surface area contributed by atoms with E-state index in [1.807, 2.05) is 0 Å². The Morgan fingerprint density at radius 1 is 1.44 bits per heavy atom. The van der Waals surface area contributed by atoms with Gasteiger partial charge in [0, 0.05) is 31.7 Å². The third-order valence-electron chi connectivity index (χ3n) is 3.00. The van der Waals surface area contributed by atoms with Gasteiger partial charge in [-0.25, -0.2) is 4.98 Å². The predicted molar refractivity (Wildman–Crippen MR) is 64.4 cm³/mol. The molecule has 0 aliphatic carbocycles. The number of nitrogens with zero attached hydrogens (tertiary/aromatic N) is 3. The van der Waals surface area contributed by atoms with Crippen LogP contribution in [0.15, 0.2) is 12.4 Å². The highest BCUT2D eigenvalue weighted by atomic mass is 35.5. The summed E-state index contributed by atoms with van der Waals surface area (Å²) in [5.74, 6) is 0. The maximum atomic E-state index is 5.71.